The largest absolute Gasteiger partial charge is 0.370 e. The predicted octanol–water partition coefficient (Wildman–Crippen LogP) is 3.22. The molecule has 1 fully saturated rings. The Labute approximate surface area is 105 Å². The van der Waals surface area contributed by atoms with Gasteiger partial charge in [0, 0.05) is 5.69 Å². The summed E-state index contributed by atoms with van der Waals surface area (Å²) in [6.45, 7) is 9.28. The van der Waals surface area contributed by atoms with Gasteiger partial charge in [-0.05, 0) is 56.5 Å². The fourth-order valence-electron chi connectivity index (χ4n) is 2.25. The van der Waals surface area contributed by atoms with Crippen LogP contribution in [0.1, 0.15) is 38.1 Å². The van der Waals surface area contributed by atoms with Crippen LogP contribution in [-0.4, -0.2) is 21.5 Å². The molecule has 2 heterocycles. The van der Waals surface area contributed by atoms with Gasteiger partial charge in [-0.2, -0.15) is 5.10 Å². The van der Waals surface area contributed by atoms with Gasteiger partial charge >= 0.3 is 0 Å². The fraction of sp³-hybridized carbons (Fsp3) is 0.750. The van der Waals surface area contributed by atoms with Gasteiger partial charge in [-0.3, -0.25) is 4.68 Å². The Morgan fingerprint density at radius 2 is 2.19 bits per heavy atom. The molecule has 1 aromatic rings. The molecule has 1 atom stereocenters. The van der Waals surface area contributed by atoms with Crippen LogP contribution in [0.4, 0.5) is 0 Å². The van der Waals surface area contributed by atoms with Gasteiger partial charge in [-0.1, -0.05) is 0 Å². The molecule has 0 saturated carbocycles. The molecule has 90 valence electrons. The van der Waals surface area contributed by atoms with E-state index < -0.39 is 0 Å². The van der Waals surface area contributed by atoms with Crippen LogP contribution in [0, 0.1) is 13.8 Å². The predicted molar refractivity (Wildman–Crippen MR) is 67.6 cm³/mol. The molecular formula is C12H19BrN2O. The highest BCUT2D eigenvalue weighted by molar-refractivity contribution is 9.10. The second-order valence-electron chi connectivity index (χ2n) is 5.21. The van der Waals surface area contributed by atoms with Gasteiger partial charge in [-0.25, -0.2) is 0 Å². The monoisotopic (exact) mass is 286 g/mol. The van der Waals surface area contributed by atoms with Crippen molar-refractivity contribution in [1.82, 2.24) is 9.78 Å². The lowest BCUT2D eigenvalue weighted by molar-refractivity contribution is -0.0232. The minimum absolute atomic E-state index is 0.0397. The zero-order chi connectivity index (χ0) is 11.9. The van der Waals surface area contributed by atoms with Gasteiger partial charge in [0.25, 0.3) is 0 Å². The van der Waals surface area contributed by atoms with E-state index >= 15 is 0 Å². The minimum atomic E-state index is 0.0397. The van der Waals surface area contributed by atoms with Crippen molar-refractivity contribution in [3.8, 4) is 0 Å². The van der Waals surface area contributed by atoms with Crippen LogP contribution in [0.3, 0.4) is 0 Å². The number of halogens is 1. The summed E-state index contributed by atoms with van der Waals surface area (Å²) < 4.78 is 9.14. The fourth-order valence-corrected chi connectivity index (χ4v) is 2.54. The van der Waals surface area contributed by atoms with E-state index in [0.29, 0.717) is 6.10 Å². The maximum absolute atomic E-state index is 5.98. The molecule has 0 aromatic carbocycles. The van der Waals surface area contributed by atoms with Crippen molar-refractivity contribution >= 4 is 15.9 Å². The molecule has 0 N–H and O–H groups in total. The second-order valence-corrected chi connectivity index (χ2v) is 6.00. The second kappa shape index (κ2) is 4.15. The molecule has 1 unspecified atom stereocenters. The molecule has 1 aliphatic heterocycles. The topological polar surface area (TPSA) is 27.1 Å². The van der Waals surface area contributed by atoms with E-state index in [4.69, 9.17) is 4.74 Å². The molecule has 0 spiro atoms. The van der Waals surface area contributed by atoms with Crippen molar-refractivity contribution in [2.24, 2.45) is 0 Å². The molecular weight excluding hydrogens is 268 g/mol. The van der Waals surface area contributed by atoms with E-state index in [2.05, 4.69) is 41.8 Å². The molecule has 0 amide bonds. The number of ether oxygens (including phenoxy) is 1. The third-order valence-corrected chi connectivity index (χ3v) is 4.37. The van der Waals surface area contributed by atoms with Gasteiger partial charge in [0.05, 0.1) is 28.4 Å². The Hall–Kier alpha value is -0.350. The van der Waals surface area contributed by atoms with E-state index in [1.165, 1.54) is 5.69 Å². The summed E-state index contributed by atoms with van der Waals surface area (Å²) in [7, 11) is 0. The van der Waals surface area contributed by atoms with E-state index in [0.717, 1.165) is 29.6 Å². The Balaban J connectivity index is 2.08. The number of aromatic nitrogens is 2. The quantitative estimate of drug-likeness (QED) is 0.835. The highest BCUT2D eigenvalue weighted by Gasteiger charge is 2.32. The van der Waals surface area contributed by atoms with Crippen LogP contribution in [0.5, 0.6) is 0 Å². The van der Waals surface area contributed by atoms with E-state index in [1.807, 2.05) is 11.6 Å². The van der Waals surface area contributed by atoms with Crippen LogP contribution < -0.4 is 0 Å². The first-order chi connectivity index (χ1) is 7.39. The SMILES string of the molecule is Cc1nn(CC2CCC(C)(C)O2)c(C)c1Br. The van der Waals surface area contributed by atoms with Crippen molar-refractivity contribution in [1.29, 1.82) is 0 Å². The van der Waals surface area contributed by atoms with Crippen LogP contribution in [-0.2, 0) is 11.3 Å². The Morgan fingerprint density at radius 1 is 1.50 bits per heavy atom. The van der Waals surface area contributed by atoms with Crippen molar-refractivity contribution in [3.63, 3.8) is 0 Å². The number of hydrogen-bond acceptors (Lipinski definition) is 2. The lowest BCUT2D eigenvalue weighted by Gasteiger charge is -2.19. The molecule has 16 heavy (non-hydrogen) atoms. The number of nitrogens with zero attached hydrogens (tertiary/aromatic N) is 2. The molecule has 1 aliphatic rings. The molecule has 3 nitrogen and oxygen atoms in total. The van der Waals surface area contributed by atoms with E-state index in [9.17, 15) is 0 Å². The molecule has 4 heteroatoms. The Morgan fingerprint density at radius 3 is 2.62 bits per heavy atom. The number of hydrogen-bond donors (Lipinski definition) is 0. The zero-order valence-corrected chi connectivity index (χ0v) is 12.0. The minimum Gasteiger partial charge on any atom is -0.370 e. The van der Waals surface area contributed by atoms with Gasteiger partial charge in [0.2, 0.25) is 0 Å². The third-order valence-electron chi connectivity index (χ3n) is 3.22. The molecule has 0 radical (unpaired) electrons. The maximum atomic E-state index is 5.98. The van der Waals surface area contributed by atoms with Crippen LogP contribution in [0.25, 0.3) is 0 Å². The zero-order valence-electron chi connectivity index (χ0n) is 10.4. The average Bonchev–Trinajstić information content (AvgIpc) is 2.64. The summed E-state index contributed by atoms with van der Waals surface area (Å²) in [4.78, 5) is 0. The summed E-state index contributed by atoms with van der Waals surface area (Å²) in [6, 6.07) is 0. The van der Waals surface area contributed by atoms with E-state index in [1.54, 1.807) is 0 Å². The van der Waals surface area contributed by atoms with E-state index in [-0.39, 0.29) is 5.60 Å². The first-order valence-corrected chi connectivity index (χ1v) is 6.56. The summed E-state index contributed by atoms with van der Waals surface area (Å²) >= 11 is 3.55. The van der Waals surface area contributed by atoms with Crippen molar-refractivity contribution < 1.29 is 4.74 Å². The number of aryl methyl sites for hydroxylation is 1. The van der Waals surface area contributed by atoms with Crippen LogP contribution in [0.15, 0.2) is 4.47 Å². The van der Waals surface area contributed by atoms with Crippen LogP contribution in [0.2, 0.25) is 0 Å². The normalized spacial score (nSPS) is 23.9. The highest BCUT2D eigenvalue weighted by atomic mass is 79.9. The molecule has 0 bridgehead atoms. The highest BCUT2D eigenvalue weighted by Crippen LogP contribution is 2.30. The lowest BCUT2D eigenvalue weighted by Crippen LogP contribution is -2.23. The maximum Gasteiger partial charge on any atom is 0.0779 e. The Kier molecular flexibility index (Phi) is 3.14. The van der Waals surface area contributed by atoms with Gasteiger partial charge in [0.15, 0.2) is 0 Å². The molecule has 2 rings (SSSR count). The summed E-state index contributed by atoms with van der Waals surface area (Å²) in [6.07, 6.45) is 2.57. The lowest BCUT2D eigenvalue weighted by atomic mass is 10.1. The third kappa shape index (κ3) is 2.33. The summed E-state index contributed by atoms with van der Waals surface area (Å²) in [5, 5.41) is 4.51. The standard InChI is InChI=1S/C12H19BrN2O/c1-8-11(13)9(2)15(14-8)7-10-5-6-12(3,4)16-10/h10H,5-7H2,1-4H3. The van der Waals surface area contributed by atoms with Crippen molar-refractivity contribution in [2.45, 2.75) is 58.8 Å². The summed E-state index contributed by atoms with van der Waals surface area (Å²) in [5.41, 5.74) is 2.28. The van der Waals surface area contributed by atoms with Crippen molar-refractivity contribution in [3.05, 3.63) is 15.9 Å². The van der Waals surface area contributed by atoms with Crippen molar-refractivity contribution in [2.75, 3.05) is 0 Å². The smallest absolute Gasteiger partial charge is 0.0779 e. The number of rotatable bonds is 2. The first-order valence-electron chi connectivity index (χ1n) is 5.76. The van der Waals surface area contributed by atoms with Gasteiger partial charge in [0.1, 0.15) is 0 Å². The van der Waals surface area contributed by atoms with Gasteiger partial charge in [-0.15, -0.1) is 0 Å². The molecule has 0 aliphatic carbocycles. The average molecular weight is 287 g/mol. The summed E-state index contributed by atoms with van der Waals surface area (Å²) in [5.74, 6) is 0. The van der Waals surface area contributed by atoms with Crippen LogP contribution >= 0.6 is 15.9 Å². The molecule has 1 saturated heterocycles. The van der Waals surface area contributed by atoms with Gasteiger partial charge < -0.3 is 4.74 Å². The first kappa shape index (κ1) is 12.1. The Bertz CT molecular complexity index is 398. The molecule has 1 aromatic heterocycles.